The first kappa shape index (κ1) is 20.8. The van der Waals surface area contributed by atoms with Gasteiger partial charge in [0.1, 0.15) is 5.54 Å². The zero-order valence-electron chi connectivity index (χ0n) is 16.0. The number of urea groups is 1. The Labute approximate surface area is 169 Å². The summed E-state index contributed by atoms with van der Waals surface area (Å²) >= 11 is 0. The maximum atomic E-state index is 12.3. The van der Waals surface area contributed by atoms with E-state index in [2.05, 4.69) is 15.4 Å². The van der Waals surface area contributed by atoms with E-state index in [0.717, 1.165) is 5.56 Å². The number of hydrogen-bond acceptors (Lipinski definition) is 5. The van der Waals surface area contributed by atoms with Crippen molar-refractivity contribution in [1.29, 1.82) is 0 Å². The lowest BCUT2D eigenvalue weighted by Crippen LogP contribution is -2.40. The van der Waals surface area contributed by atoms with E-state index in [1.165, 1.54) is 6.07 Å². The topological polar surface area (TPSA) is 114 Å². The van der Waals surface area contributed by atoms with E-state index in [4.69, 9.17) is 4.74 Å². The van der Waals surface area contributed by atoms with Gasteiger partial charge in [-0.1, -0.05) is 42.5 Å². The van der Waals surface area contributed by atoms with Gasteiger partial charge >= 0.3 is 6.03 Å². The highest BCUT2D eigenvalue weighted by Gasteiger charge is 2.43. The molecule has 1 aliphatic rings. The van der Waals surface area contributed by atoms with Crippen LogP contribution in [-0.2, 0) is 31.7 Å². The zero-order chi connectivity index (χ0) is 20.9. The molecule has 9 heteroatoms. The first-order valence-corrected chi connectivity index (χ1v) is 10.8. The maximum Gasteiger partial charge on any atom is 0.322 e. The van der Waals surface area contributed by atoms with Gasteiger partial charge in [0.25, 0.3) is 5.91 Å². The number of amides is 3. The van der Waals surface area contributed by atoms with Gasteiger partial charge in [-0.15, -0.1) is 0 Å². The summed E-state index contributed by atoms with van der Waals surface area (Å²) in [6.45, 7) is 2.31. The molecule has 1 heterocycles. The number of rotatable bonds is 9. The number of carbonyl (C=O) groups is 2. The van der Waals surface area contributed by atoms with Crippen LogP contribution in [0.1, 0.15) is 24.5 Å². The Morgan fingerprint density at radius 3 is 2.52 bits per heavy atom. The van der Waals surface area contributed by atoms with Gasteiger partial charge in [-0.2, -0.15) is 0 Å². The molecule has 2 aromatic rings. The fraction of sp³-hybridized carbons (Fsp3) is 0.300. The molecule has 2 aromatic carbocycles. The monoisotopic (exact) mass is 417 g/mol. The smallest absolute Gasteiger partial charge is 0.322 e. The Kier molecular flexibility index (Phi) is 6.19. The zero-order valence-corrected chi connectivity index (χ0v) is 16.8. The minimum absolute atomic E-state index is 0.0967. The van der Waals surface area contributed by atoms with Crippen LogP contribution in [0.3, 0.4) is 0 Å². The molecule has 0 unspecified atom stereocenters. The second-order valence-electron chi connectivity index (χ2n) is 6.93. The minimum atomic E-state index is -3.58. The van der Waals surface area contributed by atoms with Crippen LogP contribution in [-0.4, -0.2) is 32.7 Å². The van der Waals surface area contributed by atoms with Crippen LogP contribution >= 0.6 is 0 Å². The van der Waals surface area contributed by atoms with E-state index < -0.39 is 27.5 Å². The second-order valence-corrected chi connectivity index (χ2v) is 8.77. The van der Waals surface area contributed by atoms with Gasteiger partial charge in [0, 0.05) is 12.3 Å². The third-order valence-electron chi connectivity index (χ3n) is 4.57. The summed E-state index contributed by atoms with van der Waals surface area (Å²) in [5.41, 5.74) is 0.584. The molecule has 8 nitrogen and oxygen atoms in total. The molecular weight excluding hydrogens is 394 g/mol. The van der Waals surface area contributed by atoms with Crippen molar-refractivity contribution in [3.63, 3.8) is 0 Å². The number of imide groups is 1. The highest BCUT2D eigenvalue weighted by molar-refractivity contribution is 7.92. The number of benzene rings is 2. The Hall–Kier alpha value is -2.91. The highest BCUT2D eigenvalue weighted by atomic mass is 32.2. The molecule has 3 rings (SSSR count). The number of anilines is 1. The van der Waals surface area contributed by atoms with E-state index in [-0.39, 0.29) is 5.75 Å². The summed E-state index contributed by atoms with van der Waals surface area (Å²) in [4.78, 5) is 23.5. The van der Waals surface area contributed by atoms with Crippen LogP contribution in [0.15, 0.2) is 54.6 Å². The van der Waals surface area contributed by atoms with Crippen molar-refractivity contribution in [3.8, 4) is 0 Å². The van der Waals surface area contributed by atoms with Gasteiger partial charge in [-0.05, 0) is 36.6 Å². The van der Waals surface area contributed by atoms with E-state index in [1.807, 2.05) is 30.3 Å². The molecular formula is C20H23N3O5S. The molecule has 0 saturated carbocycles. The van der Waals surface area contributed by atoms with Crippen molar-refractivity contribution >= 4 is 27.6 Å². The van der Waals surface area contributed by atoms with Crippen molar-refractivity contribution < 1.29 is 22.7 Å². The molecule has 3 N–H and O–H groups in total. The van der Waals surface area contributed by atoms with Crippen molar-refractivity contribution in [1.82, 2.24) is 10.6 Å². The quantitative estimate of drug-likeness (QED) is 0.427. The van der Waals surface area contributed by atoms with E-state index in [0.29, 0.717) is 30.9 Å². The van der Waals surface area contributed by atoms with Crippen LogP contribution in [0.5, 0.6) is 0 Å². The van der Waals surface area contributed by atoms with Crippen LogP contribution < -0.4 is 15.4 Å². The van der Waals surface area contributed by atoms with Crippen LogP contribution in [0.2, 0.25) is 0 Å². The largest absolute Gasteiger partial charge is 0.377 e. The predicted octanol–water partition coefficient (Wildman–Crippen LogP) is 2.09. The summed E-state index contributed by atoms with van der Waals surface area (Å²) in [5, 5.41) is 4.74. The lowest BCUT2D eigenvalue weighted by atomic mass is 9.92. The number of sulfonamides is 1. The lowest BCUT2D eigenvalue weighted by Gasteiger charge is -2.21. The van der Waals surface area contributed by atoms with Crippen LogP contribution in [0.25, 0.3) is 0 Å². The number of nitrogens with one attached hydrogen (secondary N) is 3. The third kappa shape index (κ3) is 5.33. The molecule has 154 valence electrons. The highest BCUT2D eigenvalue weighted by Crippen LogP contribution is 2.26. The average Bonchev–Trinajstić information content (AvgIpc) is 2.95. The average molecular weight is 417 g/mol. The molecule has 1 fully saturated rings. The van der Waals surface area contributed by atoms with E-state index in [9.17, 15) is 18.0 Å². The third-order valence-corrected chi connectivity index (χ3v) is 5.94. The normalized spacial score (nSPS) is 18.9. The second kappa shape index (κ2) is 8.62. The summed E-state index contributed by atoms with van der Waals surface area (Å²) in [6.07, 6.45) is 0.345. The first-order chi connectivity index (χ1) is 13.8. The minimum Gasteiger partial charge on any atom is -0.377 e. The molecule has 0 aliphatic carbocycles. The van der Waals surface area contributed by atoms with E-state index >= 15 is 0 Å². The maximum absolute atomic E-state index is 12.3. The van der Waals surface area contributed by atoms with Gasteiger partial charge in [0.05, 0.1) is 12.4 Å². The summed E-state index contributed by atoms with van der Waals surface area (Å²) in [7, 11) is -3.58. The molecule has 1 aliphatic heterocycles. The molecule has 1 atom stereocenters. The number of carbonyl (C=O) groups excluding carboxylic acids is 2. The summed E-state index contributed by atoms with van der Waals surface area (Å²) in [6, 6.07) is 15.5. The molecule has 29 heavy (non-hydrogen) atoms. The van der Waals surface area contributed by atoms with Crippen molar-refractivity contribution in [2.45, 2.75) is 25.5 Å². The van der Waals surface area contributed by atoms with Gasteiger partial charge in [0.15, 0.2) is 0 Å². The molecule has 0 radical (unpaired) electrons. The van der Waals surface area contributed by atoms with Gasteiger partial charge in [0.2, 0.25) is 10.0 Å². The Morgan fingerprint density at radius 1 is 1.07 bits per heavy atom. The standard InChI is InChI=1S/C20H23N3O5S/c1-20(18(24)21-19(25)22-20)16-9-5-10-17(13-16)23-29(26,27)12-6-11-28-14-15-7-3-2-4-8-15/h2-5,7-10,13,23H,6,11-12,14H2,1H3,(H2,21,22,24,25)/t20-/m0/s1. The molecule has 0 aromatic heterocycles. The number of ether oxygens (including phenoxy) is 1. The Bertz CT molecular complexity index is 994. The number of hydrogen-bond donors (Lipinski definition) is 3. The SMILES string of the molecule is C[C@@]1(c2cccc(NS(=O)(=O)CCCOCc3ccccc3)c2)NC(=O)NC1=O. The molecule has 0 spiro atoms. The van der Waals surface area contributed by atoms with Gasteiger partial charge in [-0.25, -0.2) is 13.2 Å². The molecule has 1 saturated heterocycles. The van der Waals surface area contributed by atoms with Gasteiger partial charge < -0.3 is 10.1 Å². The fourth-order valence-electron chi connectivity index (χ4n) is 2.99. The molecule has 3 amide bonds. The van der Waals surface area contributed by atoms with Crippen LogP contribution in [0, 0.1) is 0 Å². The predicted molar refractivity (Wildman–Crippen MR) is 109 cm³/mol. The Balaban J connectivity index is 1.54. The molecule has 0 bridgehead atoms. The van der Waals surface area contributed by atoms with Crippen molar-refractivity contribution in [3.05, 3.63) is 65.7 Å². The Morgan fingerprint density at radius 2 is 1.83 bits per heavy atom. The van der Waals surface area contributed by atoms with Crippen LogP contribution in [0.4, 0.5) is 10.5 Å². The summed E-state index contributed by atoms with van der Waals surface area (Å²) < 4.78 is 32.7. The van der Waals surface area contributed by atoms with Crippen molar-refractivity contribution in [2.75, 3.05) is 17.1 Å². The summed E-state index contributed by atoms with van der Waals surface area (Å²) in [5.74, 6) is -0.585. The van der Waals surface area contributed by atoms with E-state index in [1.54, 1.807) is 25.1 Å². The van der Waals surface area contributed by atoms with Crippen molar-refractivity contribution in [2.24, 2.45) is 0 Å². The van der Waals surface area contributed by atoms with Gasteiger partial charge in [-0.3, -0.25) is 14.8 Å². The fourth-order valence-corrected chi connectivity index (χ4v) is 4.07. The lowest BCUT2D eigenvalue weighted by molar-refractivity contribution is -0.123. The first-order valence-electron chi connectivity index (χ1n) is 9.15.